The lowest BCUT2D eigenvalue weighted by atomic mass is 10.1. The van der Waals surface area contributed by atoms with E-state index in [4.69, 9.17) is 10.8 Å². The quantitative estimate of drug-likeness (QED) is 0.592. The summed E-state index contributed by atoms with van der Waals surface area (Å²) in [4.78, 5) is 13.1. The molecule has 4 heteroatoms. The lowest BCUT2D eigenvalue weighted by Gasteiger charge is -2.04. The van der Waals surface area contributed by atoms with E-state index >= 15 is 0 Å². The van der Waals surface area contributed by atoms with Crippen molar-refractivity contribution < 1.29 is 9.90 Å². The third-order valence-corrected chi connectivity index (χ3v) is 1.42. The van der Waals surface area contributed by atoms with Gasteiger partial charge in [0.1, 0.15) is 0 Å². The SMILES string of the molecule is NC(CC(=O)O)c1ccc[nH]1. The molecule has 1 atom stereocenters. The van der Waals surface area contributed by atoms with Crippen LogP contribution < -0.4 is 5.73 Å². The van der Waals surface area contributed by atoms with E-state index in [2.05, 4.69) is 4.98 Å². The Morgan fingerprint density at radius 2 is 2.55 bits per heavy atom. The molecule has 60 valence electrons. The molecule has 0 amide bonds. The van der Waals surface area contributed by atoms with Crippen molar-refractivity contribution in [3.8, 4) is 0 Å². The molecule has 0 aromatic carbocycles. The summed E-state index contributed by atoms with van der Waals surface area (Å²) >= 11 is 0. The second-order valence-corrected chi connectivity index (χ2v) is 2.33. The maximum Gasteiger partial charge on any atom is 0.305 e. The molecular weight excluding hydrogens is 144 g/mol. The molecule has 0 radical (unpaired) electrons. The van der Waals surface area contributed by atoms with E-state index in [1.165, 1.54) is 0 Å². The first-order valence-corrected chi connectivity index (χ1v) is 3.31. The summed E-state index contributed by atoms with van der Waals surface area (Å²) in [6.07, 6.45) is 1.68. The normalized spacial score (nSPS) is 12.8. The zero-order valence-corrected chi connectivity index (χ0v) is 5.95. The van der Waals surface area contributed by atoms with Crippen LogP contribution in [-0.4, -0.2) is 16.1 Å². The number of aliphatic carboxylic acids is 1. The minimum absolute atomic E-state index is 0.0412. The van der Waals surface area contributed by atoms with Crippen molar-refractivity contribution in [2.75, 3.05) is 0 Å². The molecule has 1 heterocycles. The Labute approximate surface area is 64.0 Å². The molecule has 0 spiro atoms. The average molecular weight is 154 g/mol. The van der Waals surface area contributed by atoms with Crippen LogP contribution in [0.2, 0.25) is 0 Å². The summed E-state index contributed by atoms with van der Waals surface area (Å²) in [6.45, 7) is 0. The van der Waals surface area contributed by atoms with Gasteiger partial charge in [0, 0.05) is 11.9 Å². The number of aromatic nitrogens is 1. The number of carboxylic acids is 1. The van der Waals surface area contributed by atoms with Gasteiger partial charge in [-0.25, -0.2) is 0 Å². The van der Waals surface area contributed by atoms with Crippen LogP contribution in [-0.2, 0) is 4.79 Å². The number of carbonyl (C=O) groups is 1. The first-order valence-electron chi connectivity index (χ1n) is 3.31. The molecule has 0 aliphatic rings. The van der Waals surface area contributed by atoms with Gasteiger partial charge in [-0.05, 0) is 12.1 Å². The van der Waals surface area contributed by atoms with Gasteiger partial charge in [0.15, 0.2) is 0 Å². The minimum Gasteiger partial charge on any atom is -0.481 e. The van der Waals surface area contributed by atoms with E-state index in [0.717, 1.165) is 5.69 Å². The van der Waals surface area contributed by atoms with E-state index in [0.29, 0.717) is 0 Å². The van der Waals surface area contributed by atoms with E-state index in [1.807, 2.05) is 0 Å². The van der Waals surface area contributed by atoms with Crippen molar-refractivity contribution in [2.45, 2.75) is 12.5 Å². The van der Waals surface area contributed by atoms with E-state index in [-0.39, 0.29) is 6.42 Å². The second kappa shape index (κ2) is 3.21. The van der Waals surface area contributed by atoms with Crippen LogP contribution >= 0.6 is 0 Å². The Kier molecular flexibility index (Phi) is 2.28. The first kappa shape index (κ1) is 7.81. The Bertz CT molecular complexity index is 231. The highest BCUT2D eigenvalue weighted by Gasteiger charge is 2.09. The van der Waals surface area contributed by atoms with Crippen molar-refractivity contribution in [1.82, 2.24) is 4.98 Å². The van der Waals surface area contributed by atoms with Gasteiger partial charge in [-0.15, -0.1) is 0 Å². The lowest BCUT2D eigenvalue weighted by molar-refractivity contribution is -0.137. The maximum atomic E-state index is 10.2. The standard InChI is InChI=1S/C7H10N2O2/c8-5(4-7(10)11)6-2-1-3-9-6/h1-3,5,9H,4,8H2,(H,10,11). The summed E-state index contributed by atoms with van der Waals surface area (Å²) in [5.41, 5.74) is 6.29. The average Bonchev–Trinajstić information content (AvgIpc) is 2.35. The molecule has 1 rings (SSSR count). The highest BCUT2D eigenvalue weighted by atomic mass is 16.4. The molecule has 1 aromatic heterocycles. The molecule has 11 heavy (non-hydrogen) atoms. The fourth-order valence-corrected chi connectivity index (χ4v) is 0.873. The van der Waals surface area contributed by atoms with E-state index in [9.17, 15) is 4.79 Å². The van der Waals surface area contributed by atoms with Crippen molar-refractivity contribution in [2.24, 2.45) is 5.73 Å². The van der Waals surface area contributed by atoms with Gasteiger partial charge in [-0.3, -0.25) is 4.79 Å². The molecule has 1 unspecified atom stereocenters. The maximum absolute atomic E-state index is 10.2. The largest absolute Gasteiger partial charge is 0.481 e. The third kappa shape index (κ3) is 2.09. The third-order valence-electron chi connectivity index (χ3n) is 1.42. The van der Waals surface area contributed by atoms with Crippen LogP contribution in [0.1, 0.15) is 18.2 Å². The van der Waals surface area contributed by atoms with Crippen LogP contribution in [0.25, 0.3) is 0 Å². The number of nitrogens with two attached hydrogens (primary N) is 1. The van der Waals surface area contributed by atoms with Gasteiger partial charge in [0.25, 0.3) is 0 Å². The van der Waals surface area contributed by atoms with Crippen molar-refractivity contribution >= 4 is 5.97 Å². The summed E-state index contributed by atoms with van der Waals surface area (Å²) in [6, 6.07) is 3.13. The summed E-state index contributed by atoms with van der Waals surface area (Å²) in [5, 5.41) is 8.39. The van der Waals surface area contributed by atoms with Gasteiger partial charge in [-0.2, -0.15) is 0 Å². The Morgan fingerprint density at radius 1 is 1.82 bits per heavy atom. The van der Waals surface area contributed by atoms with Crippen LogP contribution in [0.3, 0.4) is 0 Å². The highest BCUT2D eigenvalue weighted by Crippen LogP contribution is 2.10. The zero-order chi connectivity index (χ0) is 8.27. The summed E-state index contributed by atoms with van der Waals surface area (Å²) < 4.78 is 0. The summed E-state index contributed by atoms with van der Waals surface area (Å²) in [7, 11) is 0. The summed E-state index contributed by atoms with van der Waals surface area (Å²) in [5.74, 6) is -0.882. The van der Waals surface area contributed by atoms with E-state index < -0.39 is 12.0 Å². The molecule has 0 saturated carbocycles. The molecule has 4 N–H and O–H groups in total. The molecule has 1 aromatic rings. The van der Waals surface area contributed by atoms with E-state index in [1.54, 1.807) is 18.3 Å². The molecule has 0 saturated heterocycles. The first-order chi connectivity index (χ1) is 5.20. The number of H-pyrrole nitrogens is 1. The molecule has 0 aliphatic heterocycles. The van der Waals surface area contributed by atoms with Crippen LogP contribution in [0.5, 0.6) is 0 Å². The van der Waals surface area contributed by atoms with Gasteiger partial charge < -0.3 is 15.8 Å². The Hall–Kier alpha value is -1.29. The Balaban J connectivity index is 2.56. The van der Waals surface area contributed by atoms with Gasteiger partial charge >= 0.3 is 5.97 Å². The minimum atomic E-state index is -0.882. The van der Waals surface area contributed by atoms with Gasteiger partial charge in [0.2, 0.25) is 0 Å². The van der Waals surface area contributed by atoms with Crippen LogP contribution in [0.15, 0.2) is 18.3 Å². The molecule has 4 nitrogen and oxygen atoms in total. The molecule has 0 aliphatic carbocycles. The lowest BCUT2D eigenvalue weighted by Crippen LogP contribution is -2.15. The highest BCUT2D eigenvalue weighted by molar-refractivity contribution is 5.67. The number of nitrogens with one attached hydrogen (secondary N) is 1. The molecular formula is C7H10N2O2. The molecule has 0 fully saturated rings. The number of hydrogen-bond donors (Lipinski definition) is 3. The topological polar surface area (TPSA) is 79.1 Å². The number of carboxylic acid groups (broad SMARTS) is 1. The van der Waals surface area contributed by atoms with Gasteiger partial charge in [0.05, 0.1) is 12.5 Å². The van der Waals surface area contributed by atoms with Crippen LogP contribution in [0.4, 0.5) is 0 Å². The predicted octanol–water partition coefficient (Wildman–Crippen LogP) is 0.489. The number of rotatable bonds is 3. The fourth-order valence-electron chi connectivity index (χ4n) is 0.873. The van der Waals surface area contributed by atoms with Crippen molar-refractivity contribution in [3.63, 3.8) is 0 Å². The number of hydrogen-bond acceptors (Lipinski definition) is 2. The number of aromatic amines is 1. The fraction of sp³-hybridized carbons (Fsp3) is 0.286. The monoisotopic (exact) mass is 154 g/mol. The zero-order valence-electron chi connectivity index (χ0n) is 5.95. The predicted molar refractivity (Wildman–Crippen MR) is 40.0 cm³/mol. The Morgan fingerprint density at radius 3 is 3.00 bits per heavy atom. The van der Waals surface area contributed by atoms with Crippen molar-refractivity contribution in [1.29, 1.82) is 0 Å². The van der Waals surface area contributed by atoms with Crippen molar-refractivity contribution in [3.05, 3.63) is 24.0 Å². The molecule has 0 bridgehead atoms. The van der Waals surface area contributed by atoms with Crippen LogP contribution in [0, 0.1) is 0 Å². The smallest absolute Gasteiger partial charge is 0.305 e. The van der Waals surface area contributed by atoms with Gasteiger partial charge in [-0.1, -0.05) is 0 Å². The second-order valence-electron chi connectivity index (χ2n) is 2.33.